The molecule has 23 heavy (non-hydrogen) atoms. The first-order chi connectivity index (χ1) is 11.2. The van der Waals surface area contributed by atoms with Crippen molar-refractivity contribution in [1.82, 2.24) is 4.90 Å². The number of amides is 1. The third-order valence-electron chi connectivity index (χ3n) is 4.19. The van der Waals surface area contributed by atoms with Gasteiger partial charge in [-0.25, -0.2) is 0 Å². The molecule has 1 saturated carbocycles. The second kappa shape index (κ2) is 7.32. The summed E-state index contributed by atoms with van der Waals surface area (Å²) in [6.45, 7) is 1.61. The van der Waals surface area contributed by atoms with Crippen molar-refractivity contribution >= 4 is 21.8 Å². The summed E-state index contributed by atoms with van der Waals surface area (Å²) in [6, 6.07) is 12.0. The molecule has 1 aliphatic rings. The summed E-state index contributed by atoms with van der Waals surface area (Å²) in [5.74, 6) is 1.37. The molecule has 2 aromatic rings. The average Bonchev–Trinajstić information content (AvgIpc) is 3.19. The van der Waals surface area contributed by atoms with Gasteiger partial charge in [0.05, 0.1) is 19.4 Å². The van der Waals surface area contributed by atoms with E-state index in [4.69, 9.17) is 9.15 Å². The van der Waals surface area contributed by atoms with E-state index in [1.54, 1.807) is 13.4 Å². The molecular weight excluding hydrogens is 358 g/mol. The molecular formula is C18H20BrNO3. The zero-order valence-corrected chi connectivity index (χ0v) is 14.7. The van der Waals surface area contributed by atoms with Crippen molar-refractivity contribution in [2.75, 3.05) is 20.3 Å². The Bertz CT molecular complexity index is 656. The lowest BCUT2D eigenvalue weighted by Crippen LogP contribution is -2.34. The highest BCUT2D eigenvalue weighted by atomic mass is 79.9. The molecule has 0 bridgehead atoms. The van der Waals surface area contributed by atoms with E-state index >= 15 is 0 Å². The predicted octanol–water partition coefficient (Wildman–Crippen LogP) is 3.82. The molecule has 1 heterocycles. The van der Waals surface area contributed by atoms with Crippen LogP contribution in [0.1, 0.15) is 23.7 Å². The molecule has 2 atom stereocenters. The van der Waals surface area contributed by atoms with E-state index in [-0.39, 0.29) is 11.8 Å². The van der Waals surface area contributed by atoms with Crippen molar-refractivity contribution in [2.24, 2.45) is 5.92 Å². The van der Waals surface area contributed by atoms with Crippen LogP contribution in [0, 0.1) is 5.92 Å². The summed E-state index contributed by atoms with van der Waals surface area (Å²) >= 11 is 3.49. The van der Waals surface area contributed by atoms with Crippen molar-refractivity contribution in [3.05, 3.63) is 58.5 Å². The second-order valence-electron chi connectivity index (χ2n) is 5.84. The van der Waals surface area contributed by atoms with Crippen LogP contribution < -0.4 is 0 Å². The average molecular weight is 378 g/mol. The molecule has 1 aromatic heterocycles. The van der Waals surface area contributed by atoms with E-state index in [2.05, 4.69) is 28.1 Å². The fraction of sp³-hybridized carbons (Fsp3) is 0.389. The lowest BCUT2D eigenvalue weighted by Gasteiger charge is -2.21. The number of ether oxygens (including phenoxy) is 1. The number of carbonyl (C=O) groups is 1. The van der Waals surface area contributed by atoms with Crippen molar-refractivity contribution in [3.63, 3.8) is 0 Å². The Hall–Kier alpha value is -1.59. The first kappa shape index (κ1) is 16.3. The van der Waals surface area contributed by atoms with Crippen LogP contribution >= 0.6 is 15.9 Å². The number of furan rings is 1. The van der Waals surface area contributed by atoms with Gasteiger partial charge in [-0.3, -0.25) is 4.79 Å². The number of hydrogen-bond donors (Lipinski definition) is 0. The number of rotatable bonds is 7. The topological polar surface area (TPSA) is 42.7 Å². The molecule has 1 aliphatic carbocycles. The molecule has 0 saturated heterocycles. The Kier molecular flexibility index (Phi) is 5.18. The summed E-state index contributed by atoms with van der Waals surface area (Å²) in [4.78, 5) is 14.7. The summed E-state index contributed by atoms with van der Waals surface area (Å²) in [5, 5.41) is 0. The van der Waals surface area contributed by atoms with E-state index in [0.717, 1.165) is 16.7 Å². The summed E-state index contributed by atoms with van der Waals surface area (Å²) in [7, 11) is 1.65. The molecule has 0 aliphatic heterocycles. The van der Waals surface area contributed by atoms with E-state index in [1.165, 1.54) is 5.56 Å². The van der Waals surface area contributed by atoms with Crippen molar-refractivity contribution < 1.29 is 13.9 Å². The van der Waals surface area contributed by atoms with E-state index in [1.807, 2.05) is 29.2 Å². The minimum Gasteiger partial charge on any atom is -0.467 e. The quantitative estimate of drug-likeness (QED) is 0.736. The van der Waals surface area contributed by atoms with E-state index in [9.17, 15) is 4.79 Å². The van der Waals surface area contributed by atoms with Crippen LogP contribution in [0.2, 0.25) is 0 Å². The van der Waals surface area contributed by atoms with Gasteiger partial charge in [0.1, 0.15) is 5.76 Å². The van der Waals surface area contributed by atoms with Gasteiger partial charge in [-0.1, -0.05) is 28.1 Å². The minimum atomic E-state index is 0.0659. The molecule has 2 unspecified atom stereocenters. The van der Waals surface area contributed by atoms with Crippen LogP contribution in [-0.4, -0.2) is 31.1 Å². The molecule has 1 amide bonds. The maximum atomic E-state index is 12.8. The van der Waals surface area contributed by atoms with Gasteiger partial charge in [-0.05, 0) is 42.2 Å². The third-order valence-corrected chi connectivity index (χ3v) is 4.68. The maximum absolute atomic E-state index is 12.8. The molecule has 3 rings (SSSR count). The predicted molar refractivity (Wildman–Crippen MR) is 91.0 cm³/mol. The zero-order chi connectivity index (χ0) is 16.2. The van der Waals surface area contributed by atoms with Gasteiger partial charge in [0.15, 0.2) is 0 Å². The highest BCUT2D eigenvalue weighted by Crippen LogP contribution is 2.49. The number of benzene rings is 1. The van der Waals surface area contributed by atoms with Gasteiger partial charge in [-0.2, -0.15) is 0 Å². The molecule has 0 radical (unpaired) electrons. The first-order valence-corrected chi connectivity index (χ1v) is 8.54. The monoisotopic (exact) mass is 377 g/mol. The SMILES string of the molecule is COCCN(Cc1ccco1)C(=O)C1CC1c1cccc(Br)c1. The number of methoxy groups -OCH3 is 1. The lowest BCUT2D eigenvalue weighted by molar-refractivity contribution is -0.134. The van der Waals surface area contributed by atoms with Crippen molar-refractivity contribution in [1.29, 1.82) is 0 Å². The van der Waals surface area contributed by atoms with Crippen LogP contribution in [0.5, 0.6) is 0 Å². The number of nitrogens with zero attached hydrogens (tertiary/aromatic N) is 1. The number of hydrogen-bond acceptors (Lipinski definition) is 3. The fourth-order valence-corrected chi connectivity index (χ4v) is 3.28. The molecule has 0 N–H and O–H groups in total. The van der Waals surface area contributed by atoms with Gasteiger partial charge in [-0.15, -0.1) is 0 Å². The number of halogens is 1. The fourth-order valence-electron chi connectivity index (χ4n) is 2.87. The smallest absolute Gasteiger partial charge is 0.226 e. The normalized spacial score (nSPS) is 19.6. The van der Waals surface area contributed by atoms with Crippen LogP contribution in [0.3, 0.4) is 0 Å². The van der Waals surface area contributed by atoms with Gasteiger partial charge in [0, 0.05) is 24.0 Å². The maximum Gasteiger partial charge on any atom is 0.226 e. The minimum absolute atomic E-state index is 0.0659. The Morgan fingerprint density at radius 2 is 2.26 bits per heavy atom. The van der Waals surface area contributed by atoms with Crippen molar-refractivity contribution in [2.45, 2.75) is 18.9 Å². The molecule has 1 fully saturated rings. The molecule has 5 heteroatoms. The zero-order valence-electron chi connectivity index (χ0n) is 13.1. The highest BCUT2D eigenvalue weighted by molar-refractivity contribution is 9.10. The van der Waals surface area contributed by atoms with Crippen LogP contribution in [0.15, 0.2) is 51.6 Å². The number of carbonyl (C=O) groups excluding carboxylic acids is 1. The van der Waals surface area contributed by atoms with Gasteiger partial charge in [0.25, 0.3) is 0 Å². The Morgan fingerprint density at radius 1 is 1.39 bits per heavy atom. The van der Waals surface area contributed by atoms with Crippen molar-refractivity contribution in [3.8, 4) is 0 Å². The van der Waals surface area contributed by atoms with Crippen LogP contribution in [0.4, 0.5) is 0 Å². The lowest BCUT2D eigenvalue weighted by atomic mass is 10.1. The van der Waals surface area contributed by atoms with Crippen LogP contribution in [0.25, 0.3) is 0 Å². The molecule has 4 nitrogen and oxygen atoms in total. The summed E-state index contributed by atoms with van der Waals surface area (Å²) < 4.78 is 11.6. The van der Waals surface area contributed by atoms with Crippen LogP contribution in [-0.2, 0) is 16.1 Å². The van der Waals surface area contributed by atoms with E-state index in [0.29, 0.717) is 25.6 Å². The standard InChI is InChI=1S/C18H20BrNO3/c1-22-9-7-20(12-15-6-3-8-23-15)18(21)17-11-16(17)13-4-2-5-14(19)10-13/h2-6,8,10,16-17H,7,9,11-12H2,1H3. The van der Waals surface area contributed by atoms with Gasteiger partial charge < -0.3 is 14.1 Å². The largest absolute Gasteiger partial charge is 0.467 e. The van der Waals surface area contributed by atoms with E-state index < -0.39 is 0 Å². The summed E-state index contributed by atoms with van der Waals surface area (Å²) in [5.41, 5.74) is 1.22. The third kappa shape index (κ3) is 4.03. The summed E-state index contributed by atoms with van der Waals surface area (Å²) in [6.07, 6.45) is 2.55. The Balaban J connectivity index is 1.66. The Morgan fingerprint density at radius 3 is 2.96 bits per heavy atom. The van der Waals surface area contributed by atoms with Gasteiger partial charge >= 0.3 is 0 Å². The highest BCUT2D eigenvalue weighted by Gasteiger charge is 2.45. The second-order valence-corrected chi connectivity index (χ2v) is 6.75. The first-order valence-electron chi connectivity index (χ1n) is 7.74. The molecule has 1 aromatic carbocycles. The van der Waals surface area contributed by atoms with Gasteiger partial charge in [0.2, 0.25) is 5.91 Å². The molecule has 122 valence electrons. The Labute approximate surface area is 144 Å². The molecule has 0 spiro atoms.